The smallest absolute Gasteiger partial charge is 0.253 e. The molecule has 0 N–H and O–H groups in total. The Balaban J connectivity index is 1.66. The molecule has 4 nitrogen and oxygen atoms in total. The Morgan fingerprint density at radius 1 is 1.13 bits per heavy atom. The van der Waals surface area contributed by atoms with E-state index in [2.05, 4.69) is 6.92 Å². The average Bonchev–Trinajstić information content (AvgIpc) is 3.00. The number of rotatable bonds is 3. The molecule has 2 aliphatic rings. The molecule has 0 atom stereocenters. The molecule has 0 radical (unpaired) electrons. The number of hydrogen-bond acceptors (Lipinski definition) is 2. The van der Waals surface area contributed by atoms with Crippen LogP contribution in [0.3, 0.4) is 0 Å². The highest BCUT2D eigenvalue weighted by Crippen LogP contribution is 2.28. The average molecular weight is 314 g/mol. The van der Waals surface area contributed by atoms with Crippen LogP contribution >= 0.6 is 0 Å². The van der Waals surface area contributed by atoms with Gasteiger partial charge in [0.25, 0.3) is 5.91 Å². The van der Waals surface area contributed by atoms with Gasteiger partial charge in [0.1, 0.15) is 0 Å². The molecule has 1 aromatic carbocycles. The van der Waals surface area contributed by atoms with Crippen molar-refractivity contribution < 1.29 is 9.59 Å². The van der Waals surface area contributed by atoms with Gasteiger partial charge in [0, 0.05) is 37.3 Å². The van der Waals surface area contributed by atoms with Crippen molar-refractivity contribution in [2.45, 2.75) is 51.5 Å². The molecule has 1 aliphatic carbocycles. The van der Waals surface area contributed by atoms with Gasteiger partial charge < -0.3 is 9.80 Å². The van der Waals surface area contributed by atoms with Crippen LogP contribution in [-0.4, -0.2) is 36.3 Å². The second-order valence-corrected chi connectivity index (χ2v) is 7.03. The van der Waals surface area contributed by atoms with Crippen molar-refractivity contribution in [1.29, 1.82) is 0 Å². The van der Waals surface area contributed by atoms with Gasteiger partial charge in [-0.25, -0.2) is 0 Å². The molecule has 2 amide bonds. The standard InChI is InChI=1S/C19H26N2O2/c1-14-5-9-16(10-6-14)20(2)19(23)15-7-11-17(12-8-15)21-13-3-4-18(21)22/h7-8,11-12,14,16H,3-6,9-10,13H2,1-2H3. The first-order valence-electron chi connectivity index (χ1n) is 8.74. The summed E-state index contributed by atoms with van der Waals surface area (Å²) >= 11 is 0. The van der Waals surface area contributed by atoms with Gasteiger partial charge in [0.2, 0.25) is 5.91 Å². The molecular formula is C19H26N2O2. The van der Waals surface area contributed by atoms with E-state index in [-0.39, 0.29) is 11.8 Å². The summed E-state index contributed by atoms with van der Waals surface area (Å²) in [7, 11) is 1.92. The summed E-state index contributed by atoms with van der Waals surface area (Å²) in [5.74, 6) is 1.05. The lowest BCUT2D eigenvalue weighted by Gasteiger charge is -2.33. The summed E-state index contributed by atoms with van der Waals surface area (Å²) in [5, 5.41) is 0. The molecule has 4 heteroatoms. The zero-order valence-electron chi connectivity index (χ0n) is 14.1. The summed E-state index contributed by atoms with van der Waals surface area (Å²) in [6.07, 6.45) is 6.16. The molecule has 3 rings (SSSR count). The minimum absolute atomic E-state index is 0.0869. The Hall–Kier alpha value is -1.84. The van der Waals surface area contributed by atoms with E-state index in [1.807, 2.05) is 36.2 Å². The van der Waals surface area contributed by atoms with Crippen LogP contribution in [0.1, 0.15) is 55.8 Å². The molecule has 1 saturated carbocycles. The number of nitrogens with zero attached hydrogens (tertiary/aromatic N) is 2. The number of amides is 2. The lowest BCUT2D eigenvalue weighted by molar-refractivity contribution is -0.117. The predicted octanol–water partition coefficient (Wildman–Crippen LogP) is 3.46. The van der Waals surface area contributed by atoms with Crippen molar-refractivity contribution in [3.8, 4) is 0 Å². The van der Waals surface area contributed by atoms with Crippen LogP contribution in [0.4, 0.5) is 5.69 Å². The Morgan fingerprint density at radius 2 is 1.78 bits per heavy atom. The lowest BCUT2D eigenvalue weighted by Crippen LogP contribution is -2.39. The molecule has 1 aliphatic heterocycles. The van der Waals surface area contributed by atoms with E-state index < -0.39 is 0 Å². The van der Waals surface area contributed by atoms with Crippen LogP contribution in [0, 0.1) is 5.92 Å². The third-order valence-corrected chi connectivity index (χ3v) is 5.35. The summed E-state index contributed by atoms with van der Waals surface area (Å²) in [6, 6.07) is 7.86. The maximum absolute atomic E-state index is 12.7. The van der Waals surface area contributed by atoms with Gasteiger partial charge in [-0.15, -0.1) is 0 Å². The highest BCUT2D eigenvalue weighted by Gasteiger charge is 2.26. The van der Waals surface area contributed by atoms with Crippen molar-refractivity contribution in [1.82, 2.24) is 4.90 Å². The summed E-state index contributed by atoms with van der Waals surface area (Å²) in [6.45, 7) is 3.07. The van der Waals surface area contributed by atoms with E-state index in [9.17, 15) is 9.59 Å². The first-order valence-corrected chi connectivity index (χ1v) is 8.74. The summed E-state index contributed by atoms with van der Waals surface area (Å²) in [4.78, 5) is 28.2. The van der Waals surface area contributed by atoms with E-state index in [0.29, 0.717) is 18.0 Å². The van der Waals surface area contributed by atoms with Gasteiger partial charge in [-0.1, -0.05) is 6.92 Å². The maximum atomic E-state index is 12.7. The number of carbonyl (C=O) groups excluding carboxylic acids is 2. The quantitative estimate of drug-likeness (QED) is 0.857. The zero-order chi connectivity index (χ0) is 16.4. The molecule has 0 spiro atoms. The van der Waals surface area contributed by atoms with Crippen molar-refractivity contribution in [2.75, 3.05) is 18.5 Å². The van der Waals surface area contributed by atoms with Gasteiger partial charge in [0.05, 0.1) is 0 Å². The zero-order valence-corrected chi connectivity index (χ0v) is 14.1. The lowest BCUT2D eigenvalue weighted by atomic mass is 9.86. The second-order valence-electron chi connectivity index (χ2n) is 7.03. The monoisotopic (exact) mass is 314 g/mol. The van der Waals surface area contributed by atoms with E-state index in [4.69, 9.17) is 0 Å². The predicted molar refractivity (Wildman–Crippen MR) is 91.5 cm³/mol. The minimum Gasteiger partial charge on any atom is -0.339 e. The third kappa shape index (κ3) is 3.41. The van der Waals surface area contributed by atoms with Crippen LogP contribution < -0.4 is 4.90 Å². The highest BCUT2D eigenvalue weighted by atomic mass is 16.2. The van der Waals surface area contributed by atoms with E-state index in [1.165, 1.54) is 12.8 Å². The van der Waals surface area contributed by atoms with E-state index in [1.54, 1.807) is 4.90 Å². The van der Waals surface area contributed by atoms with Crippen LogP contribution in [0.15, 0.2) is 24.3 Å². The van der Waals surface area contributed by atoms with Crippen molar-refractivity contribution in [2.24, 2.45) is 5.92 Å². The van der Waals surface area contributed by atoms with E-state index in [0.717, 1.165) is 37.4 Å². The fourth-order valence-electron chi connectivity index (χ4n) is 3.70. The van der Waals surface area contributed by atoms with Crippen molar-refractivity contribution >= 4 is 17.5 Å². The highest BCUT2D eigenvalue weighted by molar-refractivity contribution is 5.97. The molecule has 2 fully saturated rings. The number of anilines is 1. The molecule has 0 aromatic heterocycles. The largest absolute Gasteiger partial charge is 0.339 e. The molecule has 1 saturated heterocycles. The van der Waals surface area contributed by atoms with Gasteiger partial charge in [-0.2, -0.15) is 0 Å². The van der Waals surface area contributed by atoms with Gasteiger partial charge in [-0.3, -0.25) is 9.59 Å². The van der Waals surface area contributed by atoms with Gasteiger partial charge in [-0.05, 0) is 62.3 Å². The van der Waals surface area contributed by atoms with Crippen LogP contribution in [-0.2, 0) is 4.79 Å². The summed E-state index contributed by atoms with van der Waals surface area (Å²) in [5.41, 5.74) is 1.61. The first kappa shape index (κ1) is 16.0. The molecular weight excluding hydrogens is 288 g/mol. The number of hydrogen-bond donors (Lipinski definition) is 0. The molecule has 0 unspecified atom stereocenters. The SMILES string of the molecule is CC1CCC(N(C)C(=O)c2ccc(N3CCCC3=O)cc2)CC1. The van der Waals surface area contributed by atoms with Crippen molar-refractivity contribution in [3.05, 3.63) is 29.8 Å². The molecule has 124 valence electrons. The van der Waals surface area contributed by atoms with Crippen LogP contribution in [0.2, 0.25) is 0 Å². The fraction of sp³-hybridized carbons (Fsp3) is 0.579. The number of carbonyl (C=O) groups is 2. The Bertz CT molecular complexity index is 574. The normalized spacial score (nSPS) is 24.8. The Kier molecular flexibility index (Phi) is 4.69. The van der Waals surface area contributed by atoms with E-state index >= 15 is 0 Å². The second kappa shape index (κ2) is 6.73. The fourth-order valence-corrected chi connectivity index (χ4v) is 3.70. The topological polar surface area (TPSA) is 40.6 Å². The first-order chi connectivity index (χ1) is 11.1. The Morgan fingerprint density at radius 3 is 2.35 bits per heavy atom. The van der Waals surface area contributed by atoms with Crippen LogP contribution in [0.25, 0.3) is 0 Å². The Labute approximate surface area is 138 Å². The summed E-state index contributed by atoms with van der Waals surface area (Å²) < 4.78 is 0. The molecule has 0 bridgehead atoms. The maximum Gasteiger partial charge on any atom is 0.253 e. The van der Waals surface area contributed by atoms with Gasteiger partial charge in [0.15, 0.2) is 0 Å². The third-order valence-electron chi connectivity index (χ3n) is 5.35. The molecule has 23 heavy (non-hydrogen) atoms. The number of benzene rings is 1. The van der Waals surface area contributed by atoms with Gasteiger partial charge >= 0.3 is 0 Å². The minimum atomic E-state index is 0.0869. The molecule has 1 heterocycles. The van der Waals surface area contributed by atoms with Crippen LogP contribution in [0.5, 0.6) is 0 Å². The van der Waals surface area contributed by atoms with Crippen molar-refractivity contribution in [3.63, 3.8) is 0 Å². The molecule has 1 aromatic rings.